The molecule has 28 heavy (non-hydrogen) atoms. The SMILES string of the molecule is CCCCCCc1ccc(-c2ccc(-c3ccc(-c4ccc(C=O)s4)s3)s2)s1. The standard InChI is InChI=1S/C23H22OS4/c1-2-3-4-5-6-16-7-9-18(25-16)20-11-13-22(27-20)23-14-12-21(28-23)19-10-8-17(15-24)26-19/h7-15H,2-6H2,1H3. The average molecular weight is 443 g/mol. The van der Waals surface area contributed by atoms with Crippen LogP contribution in [0.4, 0.5) is 0 Å². The fourth-order valence-electron chi connectivity index (χ4n) is 3.12. The van der Waals surface area contributed by atoms with Gasteiger partial charge in [-0.05, 0) is 61.4 Å². The molecule has 4 aromatic heterocycles. The van der Waals surface area contributed by atoms with Crippen molar-refractivity contribution in [2.24, 2.45) is 0 Å². The molecule has 0 aliphatic heterocycles. The van der Waals surface area contributed by atoms with Gasteiger partial charge in [0, 0.05) is 34.1 Å². The Balaban J connectivity index is 1.46. The second-order valence-electron chi connectivity index (χ2n) is 6.72. The van der Waals surface area contributed by atoms with Crippen LogP contribution in [0.5, 0.6) is 0 Å². The predicted octanol–water partition coefficient (Wildman–Crippen LogP) is 8.87. The van der Waals surface area contributed by atoms with Crippen molar-refractivity contribution >= 4 is 51.6 Å². The van der Waals surface area contributed by atoms with E-state index in [4.69, 9.17) is 0 Å². The van der Waals surface area contributed by atoms with Crippen LogP contribution in [0.1, 0.15) is 47.2 Å². The molecule has 0 unspecified atom stereocenters. The maximum atomic E-state index is 10.9. The van der Waals surface area contributed by atoms with Gasteiger partial charge in [-0.15, -0.1) is 45.3 Å². The van der Waals surface area contributed by atoms with Crippen LogP contribution in [0, 0.1) is 0 Å². The Labute approximate surface area is 182 Å². The Kier molecular flexibility index (Phi) is 6.58. The number of carbonyl (C=O) groups is 1. The largest absolute Gasteiger partial charge is 0.297 e. The molecule has 0 amide bonds. The van der Waals surface area contributed by atoms with Crippen LogP contribution in [0.2, 0.25) is 0 Å². The van der Waals surface area contributed by atoms with E-state index in [1.165, 1.54) is 66.2 Å². The van der Waals surface area contributed by atoms with Gasteiger partial charge in [-0.25, -0.2) is 0 Å². The van der Waals surface area contributed by atoms with Crippen LogP contribution in [0.15, 0.2) is 48.5 Å². The van der Waals surface area contributed by atoms with Gasteiger partial charge >= 0.3 is 0 Å². The summed E-state index contributed by atoms with van der Waals surface area (Å²) in [7, 11) is 0. The normalized spacial score (nSPS) is 11.2. The van der Waals surface area contributed by atoms with Gasteiger partial charge in [0.15, 0.2) is 6.29 Å². The van der Waals surface area contributed by atoms with Crippen LogP contribution in [-0.2, 0) is 6.42 Å². The highest BCUT2D eigenvalue weighted by molar-refractivity contribution is 7.28. The second kappa shape index (κ2) is 9.31. The first-order chi connectivity index (χ1) is 13.8. The molecule has 0 N–H and O–H groups in total. The predicted molar refractivity (Wildman–Crippen MR) is 127 cm³/mol. The lowest BCUT2D eigenvalue weighted by molar-refractivity contribution is 0.112. The van der Waals surface area contributed by atoms with E-state index in [9.17, 15) is 4.79 Å². The van der Waals surface area contributed by atoms with Crippen LogP contribution in [0.25, 0.3) is 29.3 Å². The van der Waals surface area contributed by atoms with Crippen LogP contribution in [0.3, 0.4) is 0 Å². The maximum absolute atomic E-state index is 10.9. The fourth-order valence-corrected chi connectivity index (χ4v) is 7.28. The van der Waals surface area contributed by atoms with E-state index < -0.39 is 0 Å². The van der Waals surface area contributed by atoms with E-state index in [2.05, 4.69) is 43.3 Å². The van der Waals surface area contributed by atoms with Crippen molar-refractivity contribution in [1.82, 2.24) is 0 Å². The molecule has 0 fully saturated rings. The second-order valence-corrected chi connectivity index (χ2v) is 11.2. The number of aldehydes is 1. The summed E-state index contributed by atoms with van der Waals surface area (Å²) >= 11 is 7.17. The third-order valence-electron chi connectivity index (χ3n) is 4.62. The molecule has 0 aromatic carbocycles. The molecule has 0 atom stereocenters. The summed E-state index contributed by atoms with van der Waals surface area (Å²) in [6.07, 6.45) is 7.41. The summed E-state index contributed by atoms with van der Waals surface area (Å²) in [5.74, 6) is 0. The number of hydrogen-bond acceptors (Lipinski definition) is 5. The third kappa shape index (κ3) is 4.54. The van der Waals surface area contributed by atoms with Crippen molar-refractivity contribution in [2.45, 2.75) is 39.0 Å². The highest BCUT2D eigenvalue weighted by Crippen LogP contribution is 2.42. The molecule has 0 bridgehead atoms. The quantitative estimate of drug-likeness (QED) is 0.187. The Bertz CT molecular complexity index is 1050. The summed E-state index contributed by atoms with van der Waals surface area (Å²) < 4.78 is 0. The average Bonchev–Trinajstić information content (AvgIpc) is 3.49. The van der Waals surface area contributed by atoms with E-state index in [1.54, 1.807) is 22.7 Å². The lowest BCUT2D eigenvalue weighted by Crippen LogP contribution is -1.80. The molecule has 0 saturated carbocycles. The number of carbonyl (C=O) groups excluding carboxylic acids is 1. The Morgan fingerprint density at radius 2 is 1.18 bits per heavy atom. The van der Waals surface area contributed by atoms with Crippen molar-refractivity contribution in [3.63, 3.8) is 0 Å². The summed E-state index contributed by atoms with van der Waals surface area (Å²) in [6.45, 7) is 2.26. The zero-order valence-corrected chi connectivity index (χ0v) is 19.0. The molecule has 4 aromatic rings. The molecule has 0 spiro atoms. The molecular formula is C23H22OS4. The molecule has 5 heteroatoms. The van der Waals surface area contributed by atoms with Gasteiger partial charge in [0.1, 0.15) is 0 Å². The molecule has 0 aliphatic carbocycles. The summed E-state index contributed by atoms with van der Waals surface area (Å²) in [4.78, 5) is 21.0. The molecule has 144 valence electrons. The van der Waals surface area contributed by atoms with Crippen molar-refractivity contribution in [2.75, 3.05) is 0 Å². The first-order valence-corrected chi connectivity index (χ1v) is 12.9. The van der Waals surface area contributed by atoms with Crippen LogP contribution >= 0.6 is 45.3 Å². The van der Waals surface area contributed by atoms with Gasteiger partial charge in [-0.3, -0.25) is 4.79 Å². The summed E-state index contributed by atoms with van der Waals surface area (Å²) in [5, 5.41) is 0. The smallest absolute Gasteiger partial charge is 0.160 e. The fraction of sp³-hybridized carbons (Fsp3) is 0.261. The number of thiophene rings is 4. The van der Waals surface area contributed by atoms with Gasteiger partial charge < -0.3 is 0 Å². The molecule has 0 saturated heterocycles. The van der Waals surface area contributed by atoms with Gasteiger partial charge in [-0.1, -0.05) is 26.2 Å². The van der Waals surface area contributed by atoms with Crippen molar-refractivity contribution < 1.29 is 4.79 Å². The third-order valence-corrected chi connectivity index (χ3v) is 9.54. The van der Waals surface area contributed by atoms with Crippen molar-refractivity contribution in [3.8, 4) is 29.3 Å². The lowest BCUT2D eigenvalue weighted by Gasteiger charge is -1.96. The maximum Gasteiger partial charge on any atom is 0.160 e. The van der Waals surface area contributed by atoms with Gasteiger partial charge in [-0.2, -0.15) is 0 Å². The van der Waals surface area contributed by atoms with Gasteiger partial charge in [0.05, 0.1) is 4.88 Å². The minimum Gasteiger partial charge on any atom is -0.297 e. The van der Waals surface area contributed by atoms with E-state index in [1.807, 2.05) is 34.8 Å². The summed E-state index contributed by atoms with van der Waals surface area (Å²) in [6, 6.07) is 17.4. The number of aryl methyl sites for hydroxylation is 1. The molecular weight excluding hydrogens is 421 g/mol. The zero-order chi connectivity index (χ0) is 19.3. The highest BCUT2D eigenvalue weighted by Gasteiger charge is 2.11. The lowest BCUT2D eigenvalue weighted by atomic mass is 10.1. The molecule has 1 nitrogen and oxygen atoms in total. The first-order valence-electron chi connectivity index (χ1n) is 9.61. The minimum atomic E-state index is 0.784. The summed E-state index contributed by atoms with van der Waals surface area (Å²) in [5.41, 5.74) is 0. The molecule has 4 heterocycles. The Morgan fingerprint density at radius 3 is 1.75 bits per heavy atom. The van der Waals surface area contributed by atoms with E-state index in [-0.39, 0.29) is 0 Å². The van der Waals surface area contributed by atoms with Gasteiger partial charge in [0.25, 0.3) is 0 Å². The van der Waals surface area contributed by atoms with Crippen LogP contribution in [-0.4, -0.2) is 6.29 Å². The minimum absolute atomic E-state index is 0.784. The van der Waals surface area contributed by atoms with Gasteiger partial charge in [0.2, 0.25) is 0 Å². The zero-order valence-electron chi connectivity index (χ0n) is 15.8. The first kappa shape index (κ1) is 19.8. The van der Waals surface area contributed by atoms with Crippen molar-refractivity contribution in [1.29, 1.82) is 0 Å². The topological polar surface area (TPSA) is 17.1 Å². The monoisotopic (exact) mass is 442 g/mol. The van der Waals surface area contributed by atoms with E-state index in [0.29, 0.717) is 0 Å². The number of hydrogen-bond donors (Lipinski definition) is 0. The molecule has 0 aliphatic rings. The number of unbranched alkanes of at least 4 members (excludes halogenated alkanes) is 3. The molecule has 4 rings (SSSR count). The molecule has 0 radical (unpaired) electrons. The Morgan fingerprint density at radius 1 is 0.643 bits per heavy atom. The van der Waals surface area contributed by atoms with E-state index in [0.717, 1.165) is 11.2 Å². The van der Waals surface area contributed by atoms with E-state index >= 15 is 0 Å². The van der Waals surface area contributed by atoms with Crippen molar-refractivity contribution in [3.05, 3.63) is 58.3 Å². The highest BCUT2D eigenvalue weighted by atomic mass is 32.1. The number of rotatable bonds is 9. The Hall–Kier alpha value is -1.53. The van der Waals surface area contributed by atoms with Crippen LogP contribution < -0.4 is 0 Å².